The molecule has 4 nitrogen and oxygen atoms in total. The first-order valence-corrected chi connectivity index (χ1v) is 19.4. The molecule has 1 unspecified atom stereocenters. The van der Waals surface area contributed by atoms with Gasteiger partial charge < -0.3 is 9.47 Å². The SMILES string of the molecule is CCCCCCCC/C=C/CCCCCCCC(=O)OCC(CCl)OC(=O)CCCCCCC/C=C/CCCCCCCC. The standard InChI is InChI=1S/C39H71ClO4/c1-3-5-7-9-11-13-15-17-19-21-23-25-27-29-31-33-38(41)43-36-37(35-40)44-39(42)34-32-30-28-26-24-22-20-18-16-14-12-10-8-6-4-2/h17-20,37H,3-16,21-36H2,1-2H3/b19-17+,20-18+. The van der Waals surface area contributed by atoms with Crippen LogP contribution in [0.3, 0.4) is 0 Å². The van der Waals surface area contributed by atoms with Crippen molar-refractivity contribution in [3.05, 3.63) is 24.3 Å². The Labute approximate surface area is 278 Å². The fourth-order valence-corrected chi connectivity index (χ4v) is 5.45. The Hall–Kier alpha value is -1.29. The number of alkyl halides is 1. The summed E-state index contributed by atoms with van der Waals surface area (Å²) in [5.74, 6) is -0.341. The molecule has 0 aliphatic heterocycles. The van der Waals surface area contributed by atoms with E-state index < -0.39 is 6.10 Å². The van der Waals surface area contributed by atoms with Gasteiger partial charge in [0.1, 0.15) is 12.7 Å². The Morgan fingerprint density at radius 1 is 0.500 bits per heavy atom. The Balaban J connectivity index is 3.58. The lowest BCUT2D eigenvalue weighted by Crippen LogP contribution is -2.26. The third-order valence-electron chi connectivity index (χ3n) is 8.19. The van der Waals surface area contributed by atoms with Crippen molar-refractivity contribution in [2.24, 2.45) is 0 Å². The van der Waals surface area contributed by atoms with Crippen LogP contribution in [0.15, 0.2) is 24.3 Å². The van der Waals surface area contributed by atoms with Gasteiger partial charge in [-0.1, -0.05) is 141 Å². The van der Waals surface area contributed by atoms with Gasteiger partial charge in [-0.2, -0.15) is 0 Å². The number of hydrogen-bond donors (Lipinski definition) is 0. The Bertz CT molecular complexity index is 675. The predicted octanol–water partition coefficient (Wildman–Crippen LogP) is 12.8. The molecule has 0 aromatic heterocycles. The Morgan fingerprint density at radius 3 is 1.23 bits per heavy atom. The van der Waals surface area contributed by atoms with E-state index in [1.54, 1.807) is 0 Å². The maximum Gasteiger partial charge on any atom is 0.306 e. The molecule has 0 aromatic rings. The maximum atomic E-state index is 12.2. The second kappa shape index (κ2) is 36.2. The summed E-state index contributed by atoms with van der Waals surface area (Å²) < 4.78 is 10.8. The summed E-state index contributed by atoms with van der Waals surface area (Å²) in [5, 5.41) is 0. The molecule has 0 amide bonds. The van der Waals surface area contributed by atoms with Gasteiger partial charge in [0.15, 0.2) is 0 Å². The molecule has 0 aliphatic rings. The van der Waals surface area contributed by atoms with Gasteiger partial charge in [0.05, 0.1) is 5.88 Å². The monoisotopic (exact) mass is 639 g/mol. The summed E-state index contributed by atoms with van der Waals surface area (Å²) in [6.07, 6.45) is 41.5. The van der Waals surface area contributed by atoms with Crippen molar-refractivity contribution >= 4 is 23.5 Å². The van der Waals surface area contributed by atoms with E-state index in [1.165, 1.54) is 116 Å². The average molecular weight is 639 g/mol. The molecular weight excluding hydrogens is 568 g/mol. The van der Waals surface area contributed by atoms with E-state index in [4.69, 9.17) is 21.1 Å². The highest BCUT2D eigenvalue weighted by Crippen LogP contribution is 2.13. The molecule has 0 aromatic carbocycles. The van der Waals surface area contributed by atoms with Crippen LogP contribution in [-0.2, 0) is 19.1 Å². The number of hydrogen-bond acceptors (Lipinski definition) is 4. The van der Waals surface area contributed by atoms with Crippen molar-refractivity contribution in [3.63, 3.8) is 0 Å². The molecule has 0 aliphatic carbocycles. The first kappa shape index (κ1) is 42.7. The molecule has 0 heterocycles. The molecule has 0 N–H and O–H groups in total. The molecule has 0 spiro atoms. The zero-order valence-electron chi connectivity index (χ0n) is 29.1. The van der Waals surface area contributed by atoms with Crippen LogP contribution in [-0.4, -0.2) is 30.5 Å². The Kier molecular flexibility index (Phi) is 35.1. The van der Waals surface area contributed by atoms with Gasteiger partial charge >= 0.3 is 11.9 Å². The van der Waals surface area contributed by atoms with Crippen LogP contribution in [0, 0.1) is 0 Å². The number of halogens is 1. The number of esters is 2. The number of carbonyl (C=O) groups is 2. The van der Waals surface area contributed by atoms with Gasteiger partial charge in [-0.15, -0.1) is 11.6 Å². The molecule has 0 radical (unpaired) electrons. The summed E-state index contributed by atoms with van der Waals surface area (Å²) in [5.41, 5.74) is 0. The lowest BCUT2D eigenvalue weighted by Gasteiger charge is -2.15. The van der Waals surface area contributed by atoms with Crippen LogP contribution < -0.4 is 0 Å². The minimum absolute atomic E-state index is 0.0471. The van der Waals surface area contributed by atoms with Gasteiger partial charge in [-0.3, -0.25) is 9.59 Å². The highest BCUT2D eigenvalue weighted by molar-refractivity contribution is 6.18. The van der Waals surface area contributed by atoms with Gasteiger partial charge in [0, 0.05) is 12.8 Å². The van der Waals surface area contributed by atoms with Crippen LogP contribution >= 0.6 is 11.6 Å². The van der Waals surface area contributed by atoms with Crippen molar-refractivity contribution in [2.75, 3.05) is 12.5 Å². The number of unbranched alkanes of at least 4 members (excludes halogenated alkanes) is 22. The molecule has 44 heavy (non-hydrogen) atoms. The highest BCUT2D eigenvalue weighted by Gasteiger charge is 2.16. The molecule has 0 rings (SSSR count). The summed E-state index contributed by atoms with van der Waals surface area (Å²) in [6.45, 7) is 4.57. The van der Waals surface area contributed by atoms with Gasteiger partial charge in [0.25, 0.3) is 0 Å². The topological polar surface area (TPSA) is 52.6 Å². The summed E-state index contributed by atoms with van der Waals surface area (Å²) in [7, 11) is 0. The third kappa shape index (κ3) is 33.6. The molecule has 258 valence electrons. The van der Waals surface area contributed by atoms with Crippen molar-refractivity contribution < 1.29 is 19.1 Å². The normalized spacial score (nSPS) is 12.3. The zero-order valence-corrected chi connectivity index (χ0v) is 29.9. The van der Waals surface area contributed by atoms with E-state index in [0.717, 1.165) is 51.4 Å². The van der Waals surface area contributed by atoms with Gasteiger partial charge in [0.2, 0.25) is 0 Å². The Morgan fingerprint density at radius 2 is 0.841 bits per heavy atom. The van der Waals surface area contributed by atoms with Crippen LogP contribution in [0.2, 0.25) is 0 Å². The van der Waals surface area contributed by atoms with Crippen LogP contribution in [0.4, 0.5) is 0 Å². The number of rotatable bonds is 34. The summed E-state index contributed by atoms with van der Waals surface area (Å²) in [4.78, 5) is 24.3. The zero-order chi connectivity index (χ0) is 32.2. The molecule has 1 atom stereocenters. The van der Waals surface area contributed by atoms with Crippen LogP contribution in [0.25, 0.3) is 0 Å². The van der Waals surface area contributed by atoms with Crippen molar-refractivity contribution in [1.82, 2.24) is 0 Å². The van der Waals surface area contributed by atoms with E-state index in [1.807, 2.05) is 0 Å². The van der Waals surface area contributed by atoms with E-state index in [0.29, 0.717) is 12.8 Å². The fourth-order valence-electron chi connectivity index (χ4n) is 5.29. The smallest absolute Gasteiger partial charge is 0.306 e. The highest BCUT2D eigenvalue weighted by atomic mass is 35.5. The molecule has 0 saturated carbocycles. The average Bonchev–Trinajstić information content (AvgIpc) is 3.02. The van der Waals surface area contributed by atoms with E-state index in [9.17, 15) is 9.59 Å². The first-order chi connectivity index (χ1) is 21.6. The molecule has 0 fully saturated rings. The summed E-state index contributed by atoms with van der Waals surface area (Å²) >= 11 is 5.96. The fraction of sp³-hybridized carbons (Fsp3) is 0.846. The second-order valence-corrected chi connectivity index (χ2v) is 12.9. The largest absolute Gasteiger partial charge is 0.462 e. The lowest BCUT2D eigenvalue weighted by atomic mass is 10.1. The predicted molar refractivity (Wildman–Crippen MR) is 190 cm³/mol. The first-order valence-electron chi connectivity index (χ1n) is 18.8. The molecule has 5 heteroatoms. The second-order valence-electron chi connectivity index (χ2n) is 12.6. The van der Waals surface area contributed by atoms with Gasteiger partial charge in [-0.05, 0) is 64.2 Å². The quantitative estimate of drug-likeness (QED) is 0.0304. The van der Waals surface area contributed by atoms with Gasteiger partial charge in [-0.25, -0.2) is 0 Å². The van der Waals surface area contributed by atoms with Crippen molar-refractivity contribution in [2.45, 2.75) is 200 Å². The molecular formula is C39H71ClO4. The van der Waals surface area contributed by atoms with E-state index >= 15 is 0 Å². The maximum absolute atomic E-state index is 12.2. The van der Waals surface area contributed by atoms with Crippen LogP contribution in [0.5, 0.6) is 0 Å². The van der Waals surface area contributed by atoms with E-state index in [2.05, 4.69) is 38.2 Å². The summed E-state index contributed by atoms with van der Waals surface area (Å²) in [6, 6.07) is 0. The number of allylic oxidation sites excluding steroid dienone is 4. The number of ether oxygens (including phenoxy) is 2. The molecule has 0 bridgehead atoms. The van der Waals surface area contributed by atoms with E-state index in [-0.39, 0.29) is 24.4 Å². The molecule has 0 saturated heterocycles. The third-order valence-corrected chi connectivity index (χ3v) is 8.53. The van der Waals surface area contributed by atoms with Crippen molar-refractivity contribution in [3.8, 4) is 0 Å². The minimum Gasteiger partial charge on any atom is -0.462 e. The lowest BCUT2D eigenvalue weighted by molar-refractivity contribution is -0.157. The van der Waals surface area contributed by atoms with Crippen molar-refractivity contribution in [1.29, 1.82) is 0 Å². The van der Waals surface area contributed by atoms with Crippen LogP contribution in [0.1, 0.15) is 194 Å². The number of carbonyl (C=O) groups excluding carboxylic acids is 2. The minimum atomic E-state index is -0.564.